The molecular weight excluding hydrogens is 278 g/mol. The van der Waals surface area contributed by atoms with Crippen molar-refractivity contribution >= 4 is 39.1 Å². The minimum Gasteiger partial charge on any atom is -0.398 e. The fraction of sp³-hybridized carbons (Fsp3) is 0. The molecule has 3 nitrogen and oxygen atoms in total. The summed E-state index contributed by atoms with van der Waals surface area (Å²) in [4.78, 5) is 8.77. The van der Waals surface area contributed by atoms with Gasteiger partial charge in [0.2, 0.25) is 0 Å². The molecule has 2 heterocycles. The topological polar surface area (TPSA) is 54.7 Å². The summed E-state index contributed by atoms with van der Waals surface area (Å²) in [5.74, 6) is 0. The highest BCUT2D eigenvalue weighted by molar-refractivity contribution is 7.99. The number of pyridine rings is 1. The van der Waals surface area contributed by atoms with Crippen molar-refractivity contribution in [3.8, 4) is 0 Å². The first-order chi connectivity index (χ1) is 10.3. The van der Waals surface area contributed by atoms with E-state index < -0.39 is 0 Å². The van der Waals surface area contributed by atoms with Gasteiger partial charge in [-0.2, -0.15) is 0 Å². The van der Waals surface area contributed by atoms with Crippen molar-refractivity contribution in [1.29, 1.82) is 0 Å². The van der Waals surface area contributed by atoms with Gasteiger partial charge in [0.25, 0.3) is 0 Å². The molecule has 0 bridgehead atoms. The molecule has 4 heteroatoms. The first-order valence-electron chi connectivity index (χ1n) is 6.69. The van der Waals surface area contributed by atoms with E-state index in [1.165, 1.54) is 10.3 Å². The lowest BCUT2D eigenvalue weighted by molar-refractivity contribution is 1.24. The Balaban J connectivity index is 1.82. The number of rotatable bonds is 2. The highest BCUT2D eigenvalue weighted by atomic mass is 32.2. The van der Waals surface area contributed by atoms with E-state index in [0.29, 0.717) is 0 Å². The molecular formula is C17H13N3S. The normalized spacial score (nSPS) is 11.2. The zero-order chi connectivity index (χ0) is 14.2. The first kappa shape index (κ1) is 12.3. The lowest BCUT2D eigenvalue weighted by atomic mass is 10.1. The van der Waals surface area contributed by atoms with Crippen LogP contribution in [0.4, 0.5) is 5.69 Å². The van der Waals surface area contributed by atoms with Gasteiger partial charge in [-0.15, -0.1) is 0 Å². The van der Waals surface area contributed by atoms with Gasteiger partial charge in [-0.1, -0.05) is 30.0 Å². The number of aromatic nitrogens is 2. The molecule has 0 aliphatic rings. The van der Waals surface area contributed by atoms with Gasteiger partial charge in [0.1, 0.15) is 0 Å². The molecule has 0 radical (unpaired) electrons. The summed E-state index contributed by atoms with van der Waals surface area (Å²) in [6.07, 6.45) is 3.62. The molecule has 4 aromatic rings. The number of H-pyrrole nitrogens is 1. The number of fused-ring (bicyclic) bond motifs is 2. The van der Waals surface area contributed by atoms with Crippen LogP contribution in [-0.2, 0) is 0 Å². The van der Waals surface area contributed by atoms with Gasteiger partial charge < -0.3 is 10.7 Å². The Kier molecular flexibility index (Phi) is 2.82. The number of nitrogens with two attached hydrogens (primary N) is 1. The number of anilines is 1. The van der Waals surface area contributed by atoms with E-state index in [-0.39, 0.29) is 0 Å². The highest BCUT2D eigenvalue weighted by Gasteiger charge is 2.07. The number of nitrogens with one attached hydrogen (secondary N) is 1. The largest absolute Gasteiger partial charge is 0.398 e. The molecule has 0 aliphatic heterocycles. The molecule has 0 saturated heterocycles. The number of hydrogen-bond acceptors (Lipinski definition) is 3. The molecule has 102 valence electrons. The third kappa shape index (κ3) is 2.14. The molecule has 4 rings (SSSR count). The zero-order valence-electron chi connectivity index (χ0n) is 11.2. The summed E-state index contributed by atoms with van der Waals surface area (Å²) in [6.45, 7) is 0. The van der Waals surface area contributed by atoms with Crippen LogP contribution in [0.15, 0.2) is 70.8 Å². The van der Waals surface area contributed by atoms with Crippen LogP contribution in [0.3, 0.4) is 0 Å². The van der Waals surface area contributed by atoms with E-state index in [9.17, 15) is 0 Å². The maximum atomic E-state index is 6.02. The van der Waals surface area contributed by atoms with Crippen molar-refractivity contribution in [2.45, 2.75) is 9.92 Å². The predicted octanol–water partition coefficient (Wildman–Crippen LogP) is 4.45. The Morgan fingerprint density at radius 3 is 2.81 bits per heavy atom. The third-order valence-electron chi connectivity index (χ3n) is 3.54. The number of nitrogens with zero attached hydrogens (tertiary/aromatic N) is 1. The average Bonchev–Trinajstić information content (AvgIpc) is 2.93. The summed E-state index contributed by atoms with van der Waals surface area (Å²) in [6, 6.07) is 16.5. The van der Waals surface area contributed by atoms with Gasteiger partial charge >= 0.3 is 0 Å². The molecule has 3 N–H and O–H groups in total. The number of nitrogen functional groups attached to an aromatic ring is 1. The molecule has 0 aliphatic carbocycles. The lowest BCUT2D eigenvalue weighted by Gasteiger charge is -2.06. The third-order valence-corrected chi connectivity index (χ3v) is 4.55. The molecule has 2 aromatic carbocycles. The van der Waals surface area contributed by atoms with Crippen molar-refractivity contribution in [1.82, 2.24) is 9.97 Å². The van der Waals surface area contributed by atoms with Crippen LogP contribution in [0.5, 0.6) is 0 Å². The quantitative estimate of drug-likeness (QED) is 0.536. The van der Waals surface area contributed by atoms with Crippen molar-refractivity contribution in [3.63, 3.8) is 0 Å². The van der Waals surface area contributed by atoms with E-state index in [1.54, 1.807) is 18.0 Å². The molecule has 0 saturated carbocycles. The van der Waals surface area contributed by atoms with Crippen molar-refractivity contribution in [2.24, 2.45) is 0 Å². The maximum Gasteiger partial charge on any atom is 0.0781 e. The van der Waals surface area contributed by atoms with E-state index in [1.807, 2.05) is 24.4 Å². The Hall–Kier alpha value is -2.46. The minimum atomic E-state index is 0.763. The van der Waals surface area contributed by atoms with Crippen LogP contribution < -0.4 is 5.73 Å². The Morgan fingerprint density at radius 1 is 1.00 bits per heavy atom. The predicted molar refractivity (Wildman–Crippen MR) is 88.6 cm³/mol. The van der Waals surface area contributed by atoms with Gasteiger partial charge in [-0.3, -0.25) is 4.98 Å². The fourth-order valence-electron chi connectivity index (χ4n) is 2.49. The minimum absolute atomic E-state index is 0.763. The highest BCUT2D eigenvalue weighted by Crippen LogP contribution is 2.36. The standard InChI is InChI=1S/C17H13N3S/c18-14-5-6-16(12-7-8-19-10-13(12)14)21-17-9-11-3-1-2-4-15(11)20-17/h1-10,20H,18H2. The van der Waals surface area contributed by atoms with Crippen LogP contribution in [-0.4, -0.2) is 9.97 Å². The van der Waals surface area contributed by atoms with Gasteiger partial charge in [-0.25, -0.2) is 0 Å². The number of benzene rings is 2. The Morgan fingerprint density at radius 2 is 1.90 bits per heavy atom. The second-order valence-electron chi connectivity index (χ2n) is 4.90. The molecule has 0 fully saturated rings. The number of para-hydroxylation sites is 1. The summed E-state index contributed by atoms with van der Waals surface area (Å²) in [7, 11) is 0. The van der Waals surface area contributed by atoms with Crippen molar-refractivity contribution < 1.29 is 0 Å². The van der Waals surface area contributed by atoms with Crippen molar-refractivity contribution in [3.05, 3.63) is 60.9 Å². The second-order valence-corrected chi connectivity index (χ2v) is 5.98. The summed E-state index contributed by atoms with van der Waals surface area (Å²) >= 11 is 1.71. The number of hydrogen-bond donors (Lipinski definition) is 2. The van der Waals surface area contributed by atoms with E-state index in [4.69, 9.17) is 5.73 Å². The van der Waals surface area contributed by atoms with Crippen LogP contribution >= 0.6 is 11.8 Å². The average molecular weight is 291 g/mol. The van der Waals surface area contributed by atoms with Crippen LogP contribution in [0.2, 0.25) is 0 Å². The fourth-order valence-corrected chi connectivity index (χ4v) is 3.50. The van der Waals surface area contributed by atoms with E-state index in [0.717, 1.165) is 27.0 Å². The van der Waals surface area contributed by atoms with Gasteiger partial charge in [0.15, 0.2) is 0 Å². The monoisotopic (exact) mass is 291 g/mol. The van der Waals surface area contributed by atoms with Gasteiger partial charge in [0, 0.05) is 44.7 Å². The van der Waals surface area contributed by atoms with E-state index in [2.05, 4.69) is 40.3 Å². The SMILES string of the molecule is Nc1ccc(Sc2cc3ccccc3[nH]2)c2ccncc12. The Bertz CT molecular complexity index is 910. The molecule has 0 atom stereocenters. The molecule has 21 heavy (non-hydrogen) atoms. The number of aromatic amines is 1. The first-order valence-corrected chi connectivity index (χ1v) is 7.51. The molecule has 2 aromatic heterocycles. The zero-order valence-corrected chi connectivity index (χ0v) is 12.0. The molecule has 0 amide bonds. The molecule has 0 spiro atoms. The summed E-state index contributed by atoms with van der Waals surface area (Å²) in [5, 5.41) is 4.48. The van der Waals surface area contributed by atoms with Crippen LogP contribution in [0.25, 0.3) is 21.7 Å². The summed E-state index contributed by atoms with van der Waals surface area (Å²) < 4.78 is 0. The molecule has 0 unspecified atom stereocenters. The van der Waals surface area contributed by atoms with Gasteiger partial charge in [-0.05, 0) is 30.3 Å². The van der Waals surface area contributed by atoms with E-state index >= 15 is 0 Å². The summed E-state index contributed by atoms with van der Waals surface area (Å²) in [5.41, 5.74) is 7.94. The Labute approximate surface area is 126 Å². The second kappa shape index (κ2) is 4.82. The van der Waals surface area contributed by atoms with Gasteiger partial charge in [0.05, 0.1) is 5.03 Å². The lowest BCUT2D eigenvalue weighted by Crippen LogP contribution is -1.89. The smallest absolute Gasteiger partial charge is 0.0781 e. The van der Waals surface area contributed by atoms with Crippen molar-refractivity contribution in [2.75, 3.05) is 5.73 Å². The van der Waals surface area contributed by atoms with Crippen LogP contribution in [0, 0.1) is 0 Å². The van der Waals surface area contributed by atoms with Crippen LogP contribution in [0.1, 0.15) is 0 Å². The maximum absolute atomic E-state index is 6.02.